The molecular formula is C18H20N2O3S. The number of aromatic nitrogens is 2. The number of rotatable bonds is 3. The first-order valence-corrected chi connectivity index (χ1v) is 8.46. The van der Waals surface area contributed by atoms with Crippen LogP contribution >= 0.6 is 11.3 Å². The van der Waals surface area contributed by atoms with Crippen molar-refractivity contribution >= 4 is 27.3 Å². The number of thiophene rings is 1. The van der Waals surface area contributed by atoms with Crippen LogP contribution in [0.25, 0.3) is 10.1 Å². The summed E-state index contributed by atoms with van der Waals surface area (Å²) in [7, 11) is 1.62. The average molecular weight is 344 g/mol. The number of ether oxygens (including phenoxy) is 2. The molecule has 0 aliphatic carbocycles. The Balaban J connectivity index is 2.21. The second-order valence-electron chi connectivity index (χ2n) is 6.49. The number of imidazole rings is 1. The summed E-state index contributed by atoms with van der Waals surface area (Å²) in [5, 5.41) is 0.885. The fraction of sp³-hybridized carbons (Fsp3) is 0.333. The molecule has 0 spiro atoms. The van der Waals surface area contributed by atoms with Crippen molar-refractivity contribution in [2.45, 2.75) is 33.3 Å². The van der Waals surface area contributed by atoms with Crippen molar-refractivity contribution in [3.63, 3.8) is 0 Å². The highest BCUT2D eigenvalue weighted by Gasteiger charge is 2.26. The maximum atomic E-state index is 13.0. The van der Waals surface area contributed by atoms with E-state index in [9.17, 15) is 4.79 Å². The smallest absolute Gasteiger partial charge is 0.277 e. The lowest BCUT2D eigenvalue weighted by Crippen LogP contribution is -2.24. The van der Waals surface area contributed by atoms with Crippen LogP contribution < -0.4 is 9.47 Å². The summed E-state index contributed by atoms with van der Waals surface area (Å²) in [4.78, 5) is 17.7. The molecule has 0 atom stereocenters. The van der Waals surface area contributed by atoms with E-state index in [1.54, 1.807) is 26.4 Å². The summed E-state index contributed by atoms with van der Waals surface area (Å²) < 4.78 is 14.0. The van der Waals surface area contributed by atoms with E-state index in [0.717, 1.165) is 15.8 Å². The van der Waals surface area contributed by atoms with Crippen LogP contribution in [0.1, 0.15) is 36.3 Å². The SMILES string of the molecule is COc1ccc2sc(C(=O)n3ccnc3C)c(OC(C)(C)C)c2c1. The summed E-state index contributed by atoms with van der Waals surface area (Å²) in [5.41, 5.74) is -0.421. The van der Waals surface area contributed by atoms with Crippen molar-refractivity contribution in [1.29, 1.82) is 0 Å². The second-order valence-corrected chi connectivity index (χ2v) is 7.54. The Hall–Kier alpha value is -2.34. The minimum atomic E-state index is -0.421. The summed E-state index contributed by atoms with van der Waals surface area (Å²) in [5.74, 6) is 1.84. The van der Waals surface area contributed by atoms with E-state index in [1.807, 2.05) is 39.0 Å². The van der Waals surface area contributed by atoms with Gasteiger partial charge < -0.3 is 9.47 Å². The largest absolute Gasteiger partial charge is 0.497 e. The average Bonchev–Trinajstić information content (AvgIpc) is 3.09. The van der Waals surface area contributed by atoms with Crippen LogP contribution in [-0.4, -0.2) is 28.2 Å². The Morgan fingerprint density at radius 3 is 2.62 bits per heavy atom. The van der Waals surface area contributed by atoms with Crippen LogP contribution in [0.5, 0.6) is 11.5 Å². The highest BCUT2D eigenvalue weighted by Crippen LogP contribution is 2.41. The lowest BCUT2D eigenvalue weighted by molar-refractivity contribution is 0.0944. The molecule has 3 aromatic rings. The predicted molar refractivity (Wildman–Crippen MR) is 95.5 cm³/mol. The number of nitrogens with zero attached hydrogens (tertiary/aromatic N) is 2. The monoisotopic (exact) mass is 344 g/mol. The highest BCUT2D eigenvalue weighted by atomic mass is 32.1. The molecule has 0 fully saturated rings. The molecule has 2 heterocycles. The number of carbonyl (C=O) groups is 1. The van der Waals surface area contributed by atoms with E-state index >= 15 is 0 Å². The van der Waals surface area contributed by atoms with Gasteiger partial charge in [0, 0.05) is 22.5 Å². The number of aryl methyl sites for hydroxylation is 1. The Bertz CT molecular complexity index is 903. The maximum absolute atomic E-state index is 13.0. The van der Waals surface area contributed by atoms with E-state index in [2.05, 4.69) is 4.98 Å². The van der Waals surface area contributed by atoms with E-state index in [0.29, 0.717) is 16.5 Å². The van der Waals surface area contributed by atoms with Crippen molar-refractivity contribution in [2.24, 2.45) is 0 Å². The van der Waals surface area contributed by atoms with Gasteiger partial charge in [0.15, 0.2) is 5.75 Å². The predicted octanol–water partition coefficient (Wildman–Crippen LogP) is 4.28. The van der Waals surface area contributed by atoms with Gasteiger partial charge in [0.25, 0.3) is 5.91 Å². The van der Waals surface area contributed by atoms with Gasteiger partial charge in [-0.1, -0.05) is 0 Å². The van der Waals surface area contributed by atoms with Crippen LogP contribution in [0, 0.1) is 6.92 Å². The molecule has 0 aliphatic rings. The zero-order valence-electron chi connectivity index (χ0n) is 14.4. The fourth-order valence-electron chi connectivity index (χ4n) is 2.43. The van der Waals surface area contributed by atoms with Crippen molar-refractivity contribution in [3.8, 4) is 11.5 Å². The van der Waals surface area contributed by atoms with Gasteiger partial charge in [0.1, 0.15) is 22.1 Å². The molecule has 0 unspecified atom stereocenters. The molecule has 5 nitrogen and oxygen atoms in total. The summed E-state index contributed by atoms with van der Waals surface area (Å²) in [6, 6.07) is 5.74. The first kappa shape index (κ1) is 16.5. The van der Waals surface area contributed by atoms with Crippen molar-refractivity contribution in [3.05, 3.63) is 41.3 Å². The number of methoxy groups -OCH3 is 1. The molecular weight excluding hydrogens is 324 g/mol. The third-order valence-electron chi connectivity index (χ3n) is 3.50. The quantitative estimate of drug-likeness (QED) is 0.711. The normalized spacial score (nSPS) is 11.7. The molecule has 0 amide bonds. The molecule has 0 radical (unpaired) electrons. The molecule has 126 valence electrons. The Morgan fingerprint density at radius 1 is 1.29 bits per heavy atom. The minimum absolute atomic E-state index is 0.135. The van der Waals surface area contributed by atoms with Gasteiger partial charge in [-0.2, -0.15) is 0 Å². The molecule has 0 N–H and O–H groups in total. The van der Waals surface area contributed by atoms with E-state index in [1.165, 1.54) is 15.9 Å². The molecule has 6 heteroatoms. The van der Waals surface area contributed by atoms with Gasteiger partial charge in [0.2, 0.25) is 0 Å². The van der Waals surface area contributed by atoms with Crippen LogP contribution in [0.2, 0.25) is 0 Å². The number of hydrogen-bond acceptors (Lipinski definition) is 5. The third kappa shape index (κ3) is 3.01. The summed E-state index contributed by atoms with van der Waals surface area (Å²) in [6.45, 7) is 7.70. The zero-order valence-corrected chi connectivity index (χ0v) is 15.2. The van der Waals surface area contributed by atoms with Crippen LogP contribution in [0.15, 0.2) is 30.6 Å². The Labute approximate surface area is 144 Å². The van der Waals surface area contributed by atoms with Crippen molar-refractivity contribution < 1.29 is 14.3 Å². The number of benzene rings is 1. The van der Waals surface area contributed by atoms with Gasteiger partial charge in [-0.3, -0.25) is 9.36 Å². The van der Waals surface area contributed by atoms with Crippen molar-refractivity contribution in [1.82, 2.24) is 9.55 Å². The first-order chi connectivity index (χ1) is 11.3. The van der Waals surface area contributed by atoms with E-state index in [-0.39, 0.29) is 5.91 Å². The summed E-state index contributed by atoms with van der Waals surface area (Å²) in [6.07, 6.45) is 3.29. The van der Waals surface area contributed by atoms with Crippen molar-refractivity contribution in [2.75, 3.05) is 7.11 Å². The van der Waals surface area contributed by atoms with Gasteiger partial charge in [-0.05, 0) is 45.9 Å². The highest BCUT2D eigenvalue weighted by molar-refractivity contribution is 7.21. The molecule has 3 rings (SSSR count). The minimum Gasteiger partial charge on any atom is -0.497 e. The van der Waals surface area contributed by atoms with E-state index in [4.69, 9.17) is 9.47 Å². The summed E-state index contributed by atoms with van der Waals surface area (Å²) >= 11 is 1.42. The Kier molecular flexibility index (Phi) is 4.09. The number of fused-ring (bicyclic) bond motifs is 1. The molecule has 0 saturated heterocycles. The van der Waals surface area contributed by atoms with Gasteiger partial charge in [-0.15, -0.1) is 11.3 Å². The maximum Gasteiger partial charge on any atom is 0.277 e. The Morgan fingerprint density at radius 2 is 2.04 bits per heavy atom. The third-order valence-corrected chi connectivity index (χ3v) is 4.64. The second kappa shape index (κ2) is 5.94. The lowest BCUT2D eigenvalue weighted by Gasteiger charge is -2.22. The molecule has 1 aromatic carbocycles. The molecule has 24 heavy (non-hydrogen) atoms. The van der Waals surface area contributed by atoms with Gasteiger partial charge in [-0.25, -0.2) is 4.98 Å². The number of carbonyl (C=O) groups excluding carboxylic acids is 1. The fourth-order valence-corrected chi connectivity index (χ4v) is 3.48. The lowest BCUT2D eigenvalue weighted by atomic mass is 10.1. The topological polar surface area (TPSA) is 53.4 Å². The first-order valence-electron chi connectivity index (χ1n) is 7.64. The van der Waals surface area contributed by atoms with Crippen LogP contribution in [0.3, 0.4) is 0 Å². The molecule has 0 bridgehead atoms. The molecule has 0 saturated carbocycles. The zero-order chi connectivity index (χ0) is 17.5. The van der Waals surface area contributed by atoms with E-state index < -0.39 is 5.60 Å². The molecule has 2 aromatic heterocycles. The van der Waals surface area contributed by atoms with Gasteiger partial charge in [0.05, 0.1) is 7.11 Å². The van der Waals surface area contributed by atoms with Crippen LogP contribution in [0.4, 0.5) is 0 Å². The van der Waals surface area contributed by atoms with Crippen LogP contribution in [-0.2, 0) is 0 Å². The molecule has 0 aliphatic heterocycles. The van der Waals surface area contributed by atoms with Gasteiger partial charge >= 0.3 is 0 Å². The number of hydrogen-bond donors (Lipinski definition) is 0. The standard InChI is InChI=1S/C18H20N2O3S/c1-11-19-8-9-20(11)17(21)16-15(23-18(2,3)4)13-10-12(22-5)6-7-14(13)24-16/h6-10H,1-5H3.